The monoisotopic (exact) mass is 305 g/mol. The lowest BCUT2D eigenvalue weighted by Gasteiger charge is -2.15. The first kappa shape index (κ1) is 14.9. The molecule has 0 saturated heterocycles. The number of halogens is 1. The van der Waals surface area contributed by atoms with Gasteiger partial charge in [0, 0.05) is 5.56 Å². The van der Waals surface area contributed by atoms with Gasteiger partial charge in [-0.2, -0.15) is 0 Å². The van der Waals surface area contributed by atoms with E-state index < -0.39 is 17.9 Å². The van der Waals surface area contributed by atoms with Gasteiger partial charge in [0.1, 0.15) is 5.75 Å². The summed E-state index contributed by atoms with van der Waals surface area (Å²) >= 11 is 5.73. The summed E-state index contributed by atoms with van der Waals surface area (Å²) in [7, 11) is 0. The maximum absolute atomic E-state index is 12.1. The van der Waals surface area contributed by atoms with E-state index in [-0.39, 0.29) is 16.3 Å². The molecular weight excluding hydrogens is 294 g/mol. The van der Waals surface area contributed by atoms with Gasteiger partial charge in [-0.1, -0.05) is 41.9 Å². The van der Waals surface area contributed by atoms with Crippen LogP contribution in [-0.2, 0) is 4.79 Å². The third-order valence-electron chi connectivity index (χ3n) is 2.87. The number of phenols is 1. The number of phenolic OH excluding ortho intramolecular Hbond substituents is 1. The number of hydrogen-bond donors (Lipinski definition) is 3. The number of amides is 1. The van der Waals surface area contributed by atoms with Crippen molar-refractivity contribution in [1.82, 2.24) is 5.32 Å². The van der Waals surface area contributed by atoms with Gasteiger partial charge in [-0.15, -0.1) is 0 Å². The van der Waals surface area contributed by atoms with E-state index >= 15 is 0 Å². The van der Waals surface area contributed by atoms with Crippen molar-refractivity contribution in [3.8, 4) is 5.75 Å². The quantitative estimate of drug-likeness (QED) is 0.810. The Kier molecular flexibility index (Phi) is 4.45. The number of aromatic hydroxyl groups is 1. The van der Waals surface area contributed by atoms with E-state index in [4.69, 9.17) is 11.6 Å². The minimum absolute atomic E-state index is 0.0224. The molecule has 0 radical (unpaired) electrons. The van der Waals surface area contributed by atoms with Crippen LogP contribution in [0.3, 0.4) is 0 Å². The summed E-state index contributed by atoms with van der Waals surface area (Å²) in [5, 5.41) is 21.0. The third kappa shape index (κ3) is 3.52. The van der Waals surface area contributed by atoms with Crippen LogP contribution in [0.2, 0.25) is 5.02 Å². The topological polar surface area (TPSA) is 86.6 Å². The molecule has 0 fully saturated rings. The molecule has 3 N–H and O–H groups in total. The summed E-state index contributed by atoms with van der Waals surface area (Å²) in [6, 6.07) is 11.1. The van der Waals surface area contributed by atoms with Gasteiger partial charge >= 0.3 is 5.97 Å². The van der Waals surface area contributed by atoms with Crippen molar-refractivity contribution in [2.45, 2.75) is 6.04 Å². The Bertz CT molecular complexity index is 673. The van der Waals surface area contributed by atoms with Crippen LogP contribution in [0.25, 0.3) is 0 Å². The number of hydrogen-bond acceptors (Lipinski definition) is 3. The average Bonchev–Trinajstić information content (AvgIpc) is 2.48. The Hall–Kier alpha value is -2.53. The molecule has 0 aliphatic carbocycles. The number of nitrogens with one attached hydrogen (secondary N) is 1. The van der Waals surface area contributed by atoms with E-state index in [0.717, 1.165) is 0 Å². The predicted molar refractivity (Wildman–Crippen MR) is 77.4 cm³/mol. The van der Waals surface area contributed by atoms with Gasteiger partial charge in [-0.25, -0.2) is 4.79 Å². The van der Waals surface area contributed by atoms with E-state index in [1.807, 2.05) is 0 Å². The molecule has 0 bridgehead atoms. The number of aliphatic carboxylic acids is 1. The molecule has 0 heterocycles. The van der Waals surface area contributed by atoms with E-state index in [2.05, 4.69) is 5.32 Å². The summed E-state index contributed by atoms with van der Waals surface area (Å²) in [5.41, 5.74) is 0.628. The number of carboxylic acid groups (broad SMARTS) is 1. The molecule has 5 nitrogen and oxygen atoms in total. The Morgan fingerprint density at radius 2 is 1.76 bits per heavy atom. The van der Waals surface area contributed by atoms with Crippen LogP contribution in [0, 0.1) is 0 Å². The molecule has 0 saturated carbocycles. The Morgan fingerprint density at radius 1 is 1.10 bits per heavy atom. The molecule has 0 aromatic heterocycles. The van der Waals surface area contributed by atoms with Crippen LogP contribution >= 0.6 is 11.6 Å². The van der Waals surface area contributed by atoms with Gasteiger partial charge in [0.25, 0.3) is 5.91 Å². The number of carbonyl (C=O) groups is 2. The normalized spacial score (nSPS) is 11.7. The van der Waals surface area contributed by atoms with Crippen molar-refractivity contribution in [2.24, 2.45) is 0 Å². The Balaban J connectivity index is 2.23. The lowest BCUT2D eigenvalue weighted by molar-refractivity contribution is -0.139. The minimum Gasteiger partial charge on any atom is -0.506 e. The summed E-state index contributed by atoms with van der Waals surface area (Å²) in [6.07, 6.45) is 0. The number of carbonyl (C=O) groups excluding carboxylic acids is 1. The van der Waals surface area contributed by atoms with Gasteiger partial charge in [0.15, 0.2) is 6.04 Å². The highest BCUT2D eigenvalue weighted by molar-refractivity contribution is 6.32. The van der Waals surface area contributed by atoms with Crippen LogP contribution in [0.4, 0.5) is 0 Å². The molecule has 1 amide bonds. The molecular formula is C15H12ClNO4. The number of rotatable bonds is 4. The largest absolute Gasteiger partial charge is 0.506 e. The maximum atomic E-state index is 12.1. The van der Waals surface area contributed by atoms with Crippen molar-refractivity contribution in [1.29, 1.82) is 0 Å². The molecule has 6 heteroatoms. The molecule has 2 aromatic rings. The van der Waals surface area contributed by atoms with Crippen LogP contribution in [0.5, 0.6) is 5.75 Å². The minimum atomic E-state index is -1.17. The van der Waals surface area contributed by atoms with E-state index in [1.54, 1.807) is 30.3 Å². The Morgan fingerprint density at radius 3 is 2.33 bits per heavy atom. The van der Waals surface area contributed by atoms with E-state index in [9.17, 15) is 19.8 Å². The summed E-state index contributed by atoms with van der Waals surface area (Å²) < 4.78 is 0. The van der Waals surface area contributed by atoms with Crippen LogP contribution < -0.4 is 5.32 Å². The number of benzene rings is 2. The summed E-state index contributed by atoms with van der Waals surface area (Å²) in [6.45, 7) is 0. The van der Waals surface area contributed by atoms with Crippen molar-refractivity contribution >= 4 is 23.5 Å². The second-order valence-corrected chi connectivity index (χ2v) is 4.73. The van der Waals surface area contributed by atoms with Crippen molar-refractivity contribution in [3.63, 3.8) is 0 Å². The van der Waals surface area contributed by atoms with E-state index in [0.29, 0.717) is 5.56 Å². The van der Waals surface area contributed by atoms with Gasteiger partial charge < -0.3 is 15.5 Å². The van der Waals surface area contributed by atoms with Crippen LogP contribution in [0.15, 0.2) is 48.5 Å². The average molecular weight is 306 g/mol. The van der Waals surface area contributed by atoms with Gasteiger partial charge in [-0.3, -0.25) is 4.79 Å². The Labute approximate surface area is 125 Å². The zero-order valence-corrected chi connectivity index (χ0v) is 11.5. The van der Waals surface area contributed by atoms with Crippen molar-refractivity contribution < 1.29 is 19.8 Å². The highest BCUT2D eigenvalue weighted by Crippen LogP contribution is 2.24. The fourth-order valence-electron chi connectivity index (χ4n) is 1.80. The molecule has 21 heavy (non-hydrogen) atoms. The molecule has 108 valence electrons. The molecule has 0 aliphatic heterocycles. The first-order chi connectivity index (χ1) is 9.99. The van der Waals surface area contributed by atoms with Gasteiger partial charge in [-0.05, 0) is 23.8 Å². The smallest absolute Gasteiger partial charge is 0.330 e. The standard InChI is InChI=1S/C15H12ClNO4/c16-11-8-10(6-7-12(11)18)14(19)17-13(15(20)21)9-4-2-1-3-5-9/h1-8,13,18H,(H,17,19)(H,20,21)/t13-/m1/s1. The number of carboxylic acids is 1. The fraction of sp³-hybridized carbons (Fsp3) is 0.0667. The van der Waals surface area contributed by atoms with E-state index in [1.165, 1.54) is 18.2 Å². The third-order valence-corrected chi connectivity index (χ3v) is 3.17. The summed E-state index contributed by atoms with van der Waals surface area (Å²) in [5.74, 6) is -1.90. The lowest BCUT2D eigenvalue weighted by Crippen LogP contribution is -2.33. The molecule has 2 rings (SSSR count). The second kappa shape index (κ2) is 6.28. The summed E-state index contributed by atoms with van der Waals surface area (Å²) in [4.78, 5) is 23.4. The van der Waals surface area contributed by atoms with Crippen molar-refractivity contribution in [3.05, 3.63) is 64.7 Å². The van der Waals surface area contributed by atoms with Gasteiger partial charge in [0.05, 0.1) is 5.02 Å². The molecule has 1 atom stereocenters. The SMILES string of the molecule is O=C(N[C@@H](C(=O)O)c1ccccc1)c1ccc(O)c(Cl)c1. The zero-order valence-electron chi connectivity index (χ0n) is 10.8. The maximum Gasteiger partial charge on any atom is 0.330 e. The second-order valence-electron chi connectivity index (χ2n) is 4.32. The molecule has 0 unspecified atom stereocenters. The predicted octanol–water partition coefficient (Wildman–Crippen LogP) is 2.60. The lowest BCUT2D eigenvalue weighted by atomic mass is 10.1. The van der Waals surface area contributed by atoms with Crippen molar-refractivity contribution in [2.75, 3.05) is 0 Å². The first-order valence-corrected chi connectivity index (χ1v) is 6.44. The highest BCUT2D eigenvalue weighted by atomic mass is 35.5. The first-order valence-electron chi connectivity index (χ1n) is 6.06. The fourth-order valence-corrected chi connectivity index (χ4v) is 1.98. The highest BCUT2D eigenvalue weighted by Gasteiger charge is 2.22. The molecule has 0 aliphatic rings. The molecule has 2 aromatic carbocycles. The van der Waals surface area contributed by atoms with Crippen LogP contribution in [0.1, 0.15) is 22.0 Å². The molecule has 0 spiro atoms. The van der Waals surface area contributed by atoms with Gasteiger partial charge in [0.2, 0.25) is 0 Å². The zero-order chi connectivity index (χ0) is 15.4. The van der Waals surface area contributed by atoms with Crippen LogP contribution in [-0.4, -0.2) is 22.1 Å².